The Morgan fingerprint density at radius 3 is 2.59 bits per heavy atom. The van der Waals surface area contributed by atoms with Crippen LogP contribution in [-0.2, 0) is 11.3 Å². The van der Waals surface area contributed by atoms with E-state index in [1.807, 2.05) is 54.6 Å². The van der Waals surface area contributed by atoms with Crippen LogP contribution < -0.4 is 10.1 Å². The quantitative estimate of drug-likeness (QED) is 0.419. The van der Waals surface area contributed by atoms with Gasteiger partial charge in [0.05, 0.1) is 13.7 Å². The number of carbonyl (C=O) groups excluding carboxylic acids is 1. The maximum absolute atomic E-state index is 13.1. The zero-order chi connectivity index (χ0) is 23.9. The summed E-state index contributed by atoms with van der Waals surface area (Å²) in [7, 11) is 5.27. The lowest BCUT2D eigenvalue weighted by molar-refractivity contribution is -0.128. The highest BCUT2D eigenvalue weighted by atomic mass is 32.2. The Morgan fingerprint density at radius 1 is 1.12 bits per heavy atom. The predicted molar refractivity (Wildman–Crippen MR) is 136 cm³/mol. The third-order valence-electron chi connectivity index (χ3n) is 6.19. The van der Waals surface area contributed by atoms with Gasteiger partial charge in [0.25, 0.3) is 0 Å². The van der Waals surface area contributed by atoms with Gasteiger partial charge in [0.2, 0.25) is 5.91 Å². The van der Waals surface area contributed by atoms with Crippen LogP contribution >= 0.6 is 11.8 Å². The molecule has 180 valence electrons. The molecule has 34 heavy (non-hydrogen) atoms. The molecule has 1 fully saturated rings. The zero-order valence-electron chi connectivity index (χ0n) is 20.1. The van der Waals surface area contributed by atoms with Crippen LogP contribution in [0.2, 0.25) is 0 Å². The Bertz CT molecular complexity index is 1080. The van der Waals surface area contributed by atoms with Gasteiger partial charge in [-0.1, -0.05) is 67.4 Å². The van der Waals surface area contributed by atoms with E-state index in [0.717, 1.165) is 40.8 Å². The number of nitrogens with one attached hydrogen (secondary N) is 1. The lowest BCUT2D eigenvalue weighted by Gasteiger charge is -2.27. The first kappa shape index (κ1) is 24.1. The van der Waals surface area contributed by atoms with E-state index in [2.05, 4.69) is 20.1 Å². The molecule has 0 bridgehead atoms. The molecule has 1 saturated carbocycles. The Labute approximate surface area is 205 Å². The Hall–Kier alpha value is -3.00. The van der Waals surface area contributed by atoms with Gasteiger partial charge in [0, 0.05) is 31.9 Å². The van der Waals surface area contributed by atoms with Crippen LogP contribution in [-0.4, -0.2) is 46.8 Å². The van der Waals surface area contributed by atoms with Gasteiger partial charge in [0.1, 0.15) is 11.0 Å². The number of aromatic nitrogens is 3. The van der Waals surface area contributed by atoms with Gasteiger partial charge in [-0.05, 0) is 30.5 Å². The summed E-state index contributed by atoms with van der Waals surface area (Å²) in [6, 6.07) is 18.2. The maximum Gasteiger partial charge on any atom is 0.240 e. The maximum atomic E-state index is 13.1. The molecule has 3 aromatic rings. The average molecular weight is 480 g/mol. The van der Waals surface area contributed by atoms with E-state index in [-0.39, 0.29) is 11.2 Å². The van der Waals surface area contributed by atoms with E-state index in [9.17, 15) is 4.79 Å². The highest BCUT2D eigenvalue weighted by Crippen LogP contribution is 2.39. The lowest BCUT2D eigenvalue weighted by atomic mass is 9.95. The Kier molecular flexibility index (Phi) is 8.11. The number of anilines is 1. The first-order valence-corrected chi connectivity index (χ1v) is 12.7. The van der Waals surface area contributed by atoms with Crippen molar-refractivity contribution in [2.45, 2.75) is 55.1 Å². The molecule has 4 rings (SSSR count). The topological polar surface area (TPSA) is 72.3 Å². The minimum absolute atomic E-state index is 0.0467. The second kappa shape index (κ2) is 11.4. The average Bonchev–Trinajstić information content (AvgIpc) is 3.29. The molecule has 7 nitrogen and oxygen atoms in total. The Morgan fingerprint density at radius 2 is 1.88 bits per heavy atom. The van der Waals surface area contributed by atoms with Gasteiger partial charge in [-0.25, -0.2) is 0 Å². The summed E-state index contributed by atoms with van der Waals surface area (Å²) in [5.74, 6) is 1.75. The van der Waals surface area contributed by atoms with Crippen LogP contribution in [0.1, 0.15) is 54.8 Å². The molecule has 1 atom stereocenters. The van der Waals surface area contributed by atoms with Gasteiger partial charge in [-0.2, -0.15) is 0 Å². The number of thioether (sulfide) groups is 1. The highest BCUT2D eigenvalue weighted by Gasteiger charge is 2.29. The summed E-state index contributed by atoms with van der Waals surface area (Å²) in [4.78, 5) is 14.8. The summed E-state index contributed by atoms with van der Waals surface area (Å²) in [5, 5.41) is 13.1. The highest BCUT2D eigenvalue weighted by molar-refractivity contribution is 8.00. The van der Waals surface area contributed by atoms with Gasteiger partial charge < -0.3 is 19.5 Å². The van der Waals surface area contributed by atoms with Crippen LogP contribution in [0.5, 0.6) is 5.75 Å². The van der Waals surface area contributed by atoms with Crippen molar-refractivity contribution in [3.63, 3.8) is 0 Å². The predicted octanol–water partition coefficient (Wildman–Crippen LogP) is 5.33. The van der Waals surface area contributed by atoms with Crippen molar-refractivity contribution >= 4 is 23.4 Å². The summed E-state index contributed by atoms with van der Waals surface area (Å²) in [6.45, 7) is 0.550. The van der Waals surface area contributed by atoms with Crippen LogP contribution in [0, 0.1) is 0 Å². The third kappa shape index (κ3) is 5.73. The van der Waals surface area contributed by atoms with Gasteiger partial charge in [-0.15, -0.1) is 10.2 Å². The van der Waals surface area contributed by atoms with Crippen LogP contribution in [0.25, 0.3) is 0 Å². The number of hydrogen-bond acceptors (Lipinski definition) is 6. The molecular formula is C26H33N5O2S. The summed E-state index contributed by atoms with van der Waals surface area (Å²) in [6.07, 6.45) is 5.89. The van der Waals surface area contributed by atoms with Crippen LogP contribution in [0.4, 0.5) is 5.69 Å². The third-order valence-corrected chi connectivity index (χ3v) is 7.38. The van der Waals surface area contributed by atoms with Crippen molar-refractivity contribution in [3.8, 4) is 5.75 Å². The Balaban J connectivity index is 1.63. The second-order valence-electron chi connectivity index (χ2n) is 8.79. The van der Waals surface area contributed by atoms with Crippen molar-refractivity contribution in [1.82, 2.24) is 19.7 Å². The molecule has 1 aromatic heterocycles. The molecule has 1 aliphatic rings. The van der Waals surface area contributed by atoms with Crippen molar-refractivity contribution in [1.29, 1.82) is 0 Å². The SMILES string of the molecule is COc1cccc(NCc2nnc(SC(C(=O)N(C)C)c3ccccc3)n2C2CCCCC2)c1. The molecule has 0 spiro atoms. The number of rotatable bonds is 9. The number of hydrogen-bond donors (Lipinski definition) is 1. The molecule has 1 aliphatic carbocycles. The number of ether oxygens (including phenoxy) is 1. The fourth-order valence-corrected chi connectivity index (χ4v) is 5.63. The fourth-order valence-electron chi connectivity index (χ4n) is 4.36. The fraction of sp³-hybridized carbons (Fsp3) is 0.423. The van der Waals surface area contributed by atoms with Crippen molar-refractivity contribution in [2.24, 2.45) is 0 Å². The molecular weight excluding hydrogens is 446 g/mol. The monoisotopic (exact) mass is 479 g/mol. The number of nitrogens with zero attached hydrogens (tertiary/aromatic N) is 4. The van der Waals surface area contributed by atoms with Crippen molar-refractivity contribution in [3.05, 3.63) is 66.0 Å². The van der Waals surface area contributed by atoms with E-state index in [4.69, 9.17) is 4.74 Å². The lowest BCUT2D eigenvalue weighted by Crippen LogP contribution is -2.27. The number of methoxy groups -OCH3 is 1. The van der Waals surface area contributed by atoms with Crippen LogP contribution in [0.15, 0.2) is 59.8 Å². The minimum atomic E-state index is -0.373. The molecule has 1 N–H and O–H groups in total. The van der Waals surface area contributed by atoms with E-state index < -0.39 is 0 Å². The molecule has 0 aliphatic heterocycles. The van der Waals surface area contributed by atoms with Crippen molar-refractivity contribution in [2.75, 3.05) is 26.5 Å². The summed E-state index contributed by atoms with van der Waals surface area (Å²) < 4.78 is 7.62. The largest absolute Gasteiger partial charge is 0.497 e. The molecule has 0 radical (unpaired) electrons. The van der Waals surface area contributed by atoms with E-state index in [1.54, 1.807) is 26.1 Å². The van der Waals surface area contributed by atoms with E-state index in [0.29, 0.717) is 12.6 Å². The minimum Gasteiger partial charge on any atom is -0.497 e. The molecule has 8 heteroatoms. The number of benzene rings is 2. The molecule has 2 aromatic carbocycles. The van der Waals surface area contributed by atoms with Gasteiger partial charge in [0.15, 0.2) is 11.0 Å². The zero-order valence-corrected chi connectivity index (χ0v) is 20.9. The van der Waals surface area contributed by atoms with E-state index in [1.165, 1.54) is 31.0 Å². The van der Waals surface area contributed by atoms with Crippen LogP contribution in [0.3, 0.4) is 0 Å². The molecule has 0 saturated heterocycles. The molecule has 1 amide bonds. The van der Waals surface area contributed by atoms with Gasteiger partial charge in [-0.3, -0.25) is 4.79 Å². The normalized spacial score (nSPS) is 15.0. The second-order valence-corrected chi connectivity index (χ2v) is 9.86. The first-order chi connectivity index (χ1) is 16.6. The van der Waals surface area contributed by atoms with Crippen molar-refractivity contribution < 1.29 is 9.53 Å². The first-order valence-electron chi connectivity index (χ1n) is 11.8. The number of amides is 1. The number of likely N-dealkylation sites (N-methyl/N-ethyl adjacent to an activating group) is 1. The van der Waals surface area contributed by atoms with E-state index >= 15 is 0 Å². The summed E-state index contributed by atoms with van der Waals surface area (Å²) >= 11 is 1.50. The summed E-state index contributed by atoms with van der Waals surface area (Å²) in [5.41, 5.74) is 1.94. The smallest absolute Gasteiger partial charge is 0.240 e. The molecule has 1 heterocycles. The molecule has 1 unspecified atom stereocenters. The standard InChI is InChI=1S/C26H33N5O2S/c1-30(2)25(32)24(19-11-6-4-7-12-19)34-26-29-28-23(31(26)21-14-8-5-9-15-21)18-27-20-13-10-16-22(17-20)33-3/h4,6-7,10-13,16-17,21,24,27H,5,8-9,14-15,18H2,1-3H3. The van der Waals surface area contributed by atoms with Gasteiger partial charge >= 0.3 is 0 Å². The number of carbonyl (C=O) groups is 1.